The minimum atomic E-state index is 0.150. The summed E-state index contributed by atoms with van der Waals surface area (Å²) in [6.45, 7) is 4.47. The van der Waals surface area contributed by atoms with E-state index in [0.717, 1.165) is 42.6 Å². The Kier molecular flexibility index (Phi) is 4.20. The zero-order chi connectivity index (χ0) is 14.7. The topological polar surface area (TPSA) is 67.2 Å². The van der Waals surface area contributed by atoms with Crippen LogP contribution in [0.25, 0.3) is 11.1 Å². The lowest BCUT2D eigenvalue weighted by Crippen LogP contribution is -2.38. The van der Waals surface area contributed by atoms with E-state index in [1.807, 2.05) is 25.1 Å². The Balaban J connectivity index is 1.54. The highest BCUT2D eigenvalue weighted by atomic mass is 16.3. The Morgan fingerprint density at radius 3 is 3.00 bits per heavy atom. The zero-order valence-corrected chi connectivity index (χ0v) is 12.3. The molecule has 0 spiro atoms. The number of oxazole rings is 1. The summed E-state index contributed by atoms with van der Waals surface area (Å²) >= 11 is 0. The standard InChI is InChI=1S/C16H21N3O2/c1-11-3-2-4-13-15(11)19-14(21-13)7-10-18-16(20)12-5-8-17-9-6-12/h2-4,12,17H,5-10H2,1H3,(H,18,20). The molecule has 1 saturated heterocycles. The lowest BCUT2D eigenvalue weighted by molar-refractivity contribution is -0.125. The number of hydrogen-bond donors (Lipinski definition) is 2. The molecule has 112 valence electrons. The van der Waals surface area contributed by atoms with Gasteiger partial charge in [-0.15, -0.1) is 0 Å². The molecule has 2 aromatic rings. The molecular formula is C16H21N3O2. The predicted molar refractivity (Wildman–Crippen MR) is 81.1 cm³/mol. The molecule has 0 saturated carbocycles. The summed E-state index contributed by atoms with van der Waals surface area (Å²) in [4.78, 5) is 16.5. The van der Waals surface area contributed by atoms with E-state index in [2.05, 4.69) is 15.6 Å². The average molecular weight is 287 g/mol. The van der Waals surface area contributed by atoms with Crippen molar-refractivity contribution in [2.24, 2.45) is 5.92 Å². The van der Waals surface area contributed by atoms with Gasteiger partial charge in [0.1, 0.15) is 5.52 Å². The number of nitrogens with one attached hydrogen (secondary N) is 2. The molecule has 0 bridgehead atoms. The van der Waals surface area contributed by atoms with Crippen molar-refractivity contribution in [3.05, 3.63) is 29.7 Å². The first-order valence-corrected chi connectivity index (χ1v) is 7.57. The SMILES string of the molecule is Cc1cccc2oc(CCNC(=O)C3CCNCC3)nc12. The first-order chi connectivity index (χ1) is 10.2. The number of aryl methyl sites for hydroxylation is 1. The van der Waals surface area contributed by atoms with Crippen LogP contribution in [0.4, 0.5) is 0 Å². The van der Waals surface area contributed by atoms with E-state index in [1.54, 1.807) is 0 Å². The fourth-order valence-electron chi connectivity index (χ4n) is 2.76. The van der Waals surface area contributed by atoms with Crippen molar-refractivity contribution in [2.45, 2.75) is 26.2 Å². The maximum Gasteiger partial charge on any atom is 0.223 e. The third kappa shape index (κ3) is 3.24. The number of piperidine rings is 1. The molecule has 1 amide bonds. The van der Waals surface area contributed by atoms with Crippen LogP contribution in [0.15, 0.2) is 22.6 Å². The van der Waals surface area contributed by atoms with Crippen molar-refractivity contribution in [3.63, 3.8) is 0 Å². The molecule has 2 N–H and O–H groups in total. The van der Waals surface area contributed by atoms with Crippen LogP contribution in [0.2, 0.25) is 0 Å². The molecule has 5 nitrogen and oxygen atoms in total. The molecule has 0 radical (unpaired) electrons. The number of nitrogens with zero attached hydrogens (tertiary/aromatic N) is 1. The van der Waals surface area contributed by atoms with Crippen molar-refractivity contribution in [1.82, 2.24) is 15.6 Å². The summed E-state index contributed by atoms with van der Waals surface area (Å²) in [6, 6.07) is 5.91. The number of benzene rings is 1. The van der Waals surface area contributed by atoms with Crippen LogP contribution in [0.3, 0.4) is 0 Å². The highest BCUT2D eigenvalue weighted by molar-refractivity contribution is 5.78. The maximum atomic E-state index is 12.0. The second-order valence-electron chi connectivity index (χ2n) is 5.59. The van der Waals surface area contributed by atoms with Gasteiger partial charge in [-0.1, -0.05) is 12.1 Å². The molecule has 3 rings (SSSR count). The van der Waals surface area contributed by atoms with Crippen LogP contribution in [0.1, 0.15) is 24.3 Å². The fraction of sp³-hybridized carbons (Fsp3) is 0.500. The highest BCUT2D eigenvalue weighted by Crippen LogP contribution is 2.19. The van der Waals surface area contributed by atoms with Gasteiger partial charge >= 0.3 is 0 Å². The Morgan fingerprint density at radius 1 is 1.43 bits per heavy atom. The van der Waals surface area contributed by atoms with Gasteiger partial charge in [-0.2, -0.15) is 0 Å². The van der Waals surface area contributed by atoms with E-state index in [9.17, 15) is 4.79 Å². The van der Waals surface area contributed by atoms with E-state index < -0.39 is 0 Å². The molecular weight excluding hydrogens is 266 g/mol. The maximum absolute atomic E-state index is 12.0. The van der Waals surface area contributed by atoms with Gasteiger partial charge in [0, 0.05) is 18.9 Å². The Hall–Kier alpha value is -1.88. The van der Waals surface area contributed by atoms with E-state index in [-0.39, 0.29) is 11.8 Å². The minimum absolute atomic E-state index is 0.150. The van der Waals surface area contributed by atoms with Gasteiger partial charge in [-0.25, -0.2) is 4.98 Å². The minimum Gasteiger partial charge on any atom is -0.441 e. The van der Waals surface area contributed by atoms with Gasteiger partial charge in [0.25, 0.3) is 0 Å². The Morgan fingerprint density at radius 2 is 2.24 bits per heavy atom. The number of rotatable bonds is 4. The van der Waals surface area contributed by atoms with Crippen LogP contribution in [0, 0.1) is 12.8 Å². The van der Waals surface area contributed by atoms with Crippen molar-refractivity contribution in [3.8, 4) is 0 Å². The van der Waals surface area contributed by atoms with Gasteiger partial charge in [-0.3, -0.25) is 4.79 Å². The number of amides is 1. The van der Waals surface area contributed by atoms with Crippen molar-refractivity contribution >= 4 is 17.0 Å². The molecule has 1 aliphatic rings. The second kappa shape index (κ2) is 6.26. The number of aromatic nitrogens is 1. The first kappa shape index (κ1) is 14.1. The van der Waals surface area contributed by atoms with Gasteiger partial charge < -0.3 is 15.1 Å². The molecule has 5 heteroatoms. The van der Waals surface area contributed by atoms with Gasteiger partial charge in [0.2, 0.25) is 5.91 Å². The molecule has 0 aliphatic carbocycles. The third-order valence-electron chi connectivity index (χ3n) is 4.01. The number of carbonyl (C=O) groups excluding carboxylic acids is 1. The van der Waals surface area contributed by atoms with Gasteiger partial charge in [-0.05, 0) is 44.5 Å². The zero-order valence-electron chi connectivity index (χ0n) is 12.3. The van der Waals surface area contributed by atoms with Crippen LogP contribution >= 0.6 is 0 Å². The van der Waals surface area contributed by atoms with Crippen molar-refractivity contribution < 1.29 is 9.21 Å². The monoisotopic (exact) mass is 287 g/mol. The average Bonchev–Trinajstić information content (AvgIpc) is 2.92. The lowest BCUT2D eigenvalue weighted by atomic mass is 9.97. The molecule has 1 aromatic carbocycles. The smallest absolute Gasteiger partial charge is 0.223 e. The number of hydrogen-bond acceptors (Lipinski definition) is 4. The third-order valence-corrected chi connectivity index (χ3v) is 4.01. The quantitative estimate of drug-likeness (QED) is 0.899. The normalized spacial score (nSPS) is 16.2. The molecule has 1 aromatic heterocycles. The van der Waals surface area contributed by atoms with Crippen LogP contribution in [-0.2, 0) is 11.2 Å². The number of fused-ring (bicyclic) bond motifs is 1. The summed E-state index contributed by atoms with van der Waals surface area (Å²) in [5.41, 5.74) is 2.84. The second-order valence-corrected chi connectivity index (χ2v) is 5.59. The molecule has 0 atom stereocenters. The largest absolute Gasteiger partial charge is 0.441 e. The number of para-hydroxylation sites is 1. The fourth-order valence-corrected chi connectivity index (χ4v) is 2.76. The summed E-state index contributed by atoms with van der Waals surface area (Å²) in [5.74, 6) is 0.992. The van der Waals surface area contributed by atoms with Gasteiger partial charge in [0.05, 0.1) is 0 Å². The summed E-state index contributed by atoms with van der Waals surface area (Å²) in [7, 11) is 0. The first-order valence-electron chi connectivity index (χ1n) is 7.57. The van der Waals surface area contributed by atoms with Crippen LogP contribution in [0.5, 0.6) is 0 Å². The summed E-state index contributed by atoms with van der Waals surface area (Å²) < 4.78 is 5.70. The van der Waals surface area contributed by atoms with Crippen LogP contribution < -0.4 is 10.6 Å². The van der Waals surface area contributed by atoms with E-state index >= 15 is 0 Å². The predicted octanol–water partition coefficient (Wildman–Crippen LogP) is 1.79. The Labute approximate surface area is 124 Å². The summed E-state index contributed by atoms with van der Waals surface area (Å²) in [5, 5.41) is 6.26. The Bertz CT molecular complexity index is 629. The molecule has 21 heavy (non-hydrogen) atoms. The summed E-state index contributed by atoms with van der Waals surface area (Å²) in [6.07, 6.45) is 2.48. The van der Waals surface area contributed by atoms with Crippen molar-refractivity contribution in [2.75, 3.05) is 19.6 Å². The van der Waals surface area contributed by atoms with E-state index in [1.165, 1.54) is 0 Å². The van der Waals surface area contributed by atoms with Crippen LogP contribution in [-0.4, -0.2) is 30.5 Å². The molecule has 2 heterocycles. The highest BCUT2D eigenvalue weighted by Gasteiger charge is 2.20. The molecule has 1 fully saturated rings. The molecule has 1 aliphatic heterocycles. The van der Waals surface area contributed by atoms with Gasteiger partial charge in [0.15, 0.2) is 11.5 Å². The van der Waals surface area contributed by atoms with E-state index in [4.69, 9.17) is 4.42 Å². The number of carbonyl (C=O) groups is 1. The molecule has 0 unspecified atom stereocenters. The van der Waals surface area contributed by atoms with E-state index in [0.29, 0.717) is 18.9 Å². The van der Waals surface area contributed by atoms with Crippen molar-refractivity contribution in [1.29, 1.82) is 0 Å². The lowest BCUT2D eigenvalue weighted by Gasteiger charge is -2.21.